The summed E-state index contributed by atoms with van der Waals surface area (Å²) in [7, 11) is 1.59. The van der Waals surface area contributed by atoms with Crippen LogP contribution in [0.1, 0.15) is 44.0 Å². The first kappa shape index (κ1) is 22.5. The summed E-state index contributed by atoms with van der Waals surface area (Å²) in [6.07, 6.45) is 1.03. The van der Waals surface area contributed by atoms with E-state index in [1.165, 1.54) is 0 Å². The number of piperidine rings is 1. The van der Waals surface area contributed by atoms with Crippen LogP contribution in [0, 0.1) is 5.92 Å². The first-order chi connectivity index (χ1) is 13.7. The Morgan fingerprint density at radius 3 is 2.24 bits per heavy atom. The van der Waals surface area contributed by atoms with E-state index in [2.05, 4.69) is 10.6 Å². The molecule has 0 atom stereocenters. The highest BCUT2D eigenvalue weighted by molar-refractivity contribution is 5.94. The largest absolute Gasteiger partial charge is 0.497 e. The van der Waals surface area contributed by atoms with Crippen molar-refractivity contribution in [2.75, 3.05) is 33.3 Å². The second-order valence-electron chi connectivity index (χ2n) is 8.12. The van der Waals surface area contributed by atoms with Gasteiger partial charge in [0.2, 0.25) is 5.91 Å². The number of benzene rings is 1. The Labute approximate surface area is 171 Å². The van der Waals surface area contributed by atoms with Gasteiger partial charge in [0.25, 0.3) is 5.91 Å². The number of ether oxygens (including phenoxy) is 2. The molecule has 1 aromatic carbocycles. The number of alkyl carbamates (subject to hydrolysis) is 1. The smallest absolute Gasteiger partial charge is 0.408 e. The third-order valence-electron chi connectivity index (χ3n) is 4.62. The van der Waals surface area contributed by atoms with E-state index in [4.69, 9.17) is 9.47 Å². The summed E-state index contributed by atoms with van der Waals surface area (Å²) in [6, 6.07) is 7.10. The highest BCUT2D eigenvalue weighted by atomic mass is 16.6. The maximum absolute atomic E-state index is 12.6. The molecule has 2 N–H and O–H groups in total. The van der Waals surface area contributed by atoms with Crippen molar-refractivity contribution in [2.24, 2.45) is 5.92 Å². The molecule has 0 spiro atoms. The van der Waals surface area contributed by atoms with E-state index in [0.717, 1.165) is 18.6 Å². The zero-order valence-electron chi connectivity index (χ0n) is 17.6. The first-order valence-corrected chi connectivity index (χ1v) is 9.85. The molecule has 8 heteroatoms. The van der Waals surface area contributed by atoms with Gasteiger partial charge in [-0.15, -0.1) is 0 Å². The molecule has 1 aliphatic rings. The van der Waals surface area contributed by atoms with Crippen LogP contribution in [0.4, 0.5) is 4.79 Å². The fourth-order valence-electron chi connectivity index (χ4n) is 3.04. The molecular formula is C21H31N3O5. The standard InChI is InChI=1S/C21H31N3O5/c1-21(2,3)29-20(27)23-14-18(25)22-13-15-9-11-24(12-10-15)19(26)16-5-7-17(28-4)8-6-16/h5-8,15H,9-14H2,1-4H3,(H,22,25)(H,23,27). The second-order valence-corrected chi connectivity index (χ2v) is 8.12. The monoisotopic (exact) mass is 405 g/mol. The van der Waals surface area contributed by atoms with E-state index in [9.17, 15) is 14.4 Å². The minimum absolute atomic E-state index is 0.0108. The van der Waals surface area contributed by atoms with Gasteiger partial charge in [-0.05, 0) is 63.8 Å². The third-order valence-corrected chi connectivity index (χ3v) is 4.62. The topological polar surface area (TPSA) is 97.0 Å². The van der Waals surface area contributed by atoms with Crippen LogP contribution in [0.3, 0.4) is 0 Å². The molecule has 0 aromatic heterocycles. The number of rotatable bonds is 6. The van der Waals surface area contributed by atoms with Crippen LogP contribution in [0.25, 0.3) is 0 Å². The number of carbonyl (C=O) groups excluding carboxylic acids is 3. The molecule has 0 saturated carbocycles. The second kappa shape index (κ2) is 10.1. The molecule has 1 heterocycles. The molecule has 2 rings (SSSR count). The zero-order chi connectivity index (χ0) is 21.4. The fourth-order valence-corrected chi connectivity index (χ4v) is 3.04. The Hall–Kier alpha value is -2.77. The van der Waals surface area contributed by atoms with Crippen molar-refractivity contribution in [1.29, 1.82) is 0 Å². The van der Waals surface area contributed by atoms with Crippen molar-refractivity contribution in [3.05, 3.63) is 29.8 Å². The number of carbonyl (C=O) groups is 3. The van der Waals surface area contributed by atoms with Gasteiger partial charge in [-0.3, -0.25) is 9.59 Å². The summed E-state index contributed by atoms with van der Waals surface area (Å²) in [4.78, 5) is 37.9. The number of amides is 3. The number of nitrogens with one attached hydrogen (secondary N) is 2. The number of methoxy groups -OCH3 is 1. The van der Waals surface area contributed by atoms with Gasteiger partial charge in [-0.25, -0.2) is 4.79 Å². The van der Waals surface area contributed by atoms with E-state index >= 15 is 0 Å². The predicted molar refractivity (Wildman–Crippen MR) is 109 cm³/mol. The van der Waals surface area contributed by atoms with Gasteiger partial charge < -0.3 is 25.0 Å². The molecule has 1 aliphatic heterocycles. The summed E-state index contributed by atoms with van der Waals surface area (Å²) in [5, 5.41) is 5.27. The molecule has 0 aliphatic carbocycles. The molecule has 0 bridgehead atoms. The first-order valence-electron chi connectivity index (χ1n) is 9.85. The SMILES string of the molecule is COc1ccc(C(=O)N2CCC(CNC(=O)CNC(=O)OC(C)(C)C)CC2)cc1. The average Bonchev–Trinajstić information content (AvgIpc) is 2.69. The lowest BCUT2D eigenvalue weighted by molar-refractivity contribution is -0.120. The Morgan fingerprint density at radius 2 is 1.69 bits per heavy atom. The molecule has 3 amide bonds. The van der Waals surface area contributed by atoms with E-state index in [0.29, 0.717) is 31.1 Å². The molecule has 1 saturated heterocycles. The molecule has 0 radical (unpaired) electrons. The molecule has 8 nitrogen and oxygen atoms in total. The highest BCUT2D eigenvalue weighted by Gasteiger charge is 2.24. The van der Waals surface area contributed by atoms with Gasteiger partial charge in [-0.1, -0.05) is 0 Å². The van der Waals surface area contributed by atoms with Crippen LogP contribution in [0.15, 0.2) is 24.3 Å². The maximum atomic E-state index is 12.6. The summed E-state index contributed by atoms with van der Waals surface area (Å²) in [6.45, 7) is 7.00. The van der Waals surface area contributed by atoms with Crippen molar-refractivity contribution in [3.8, 4) is 5.75 Å². The number of nitrogens with zero attached hydrogens (tertiary/aromatic N) is 1. The van der Waals surface area contributed by atoms with Crippen LogP contribution < -0.4 is 15.4 Å². The third kappa shape index (κ3) is 7.63. The Morgan fingerprint density at radius 1 is 1.07 bits per heavy atom. The number of hydrogen-bond acceptors (Lipinski definition) is 5. The van der Waals surface area contributed by atoms with Crippen LogP contribution in [0.5, 0.6) is 5.75 Å². The summed E-state index contributed by atoms with van der Waals surface area (Å²) in [5.74, 6) is 0.779. The Bertz CT molecular complexity index is 704. The van der Waals surface area contributed by atoms with Gasteiger partial charge >= 0.3 is 6.09 Å². The van der Waals surface area contributed by atoms with E-state index in [1.807, 2.05) is 4.90 Å². The lowest BCUT2D eigenvalue weighted by atomic mass is 9.96. The lowest BCUT2D eigenvalue weighted by Gasteiger charge is -2.32. The molecule has 160 valence electrons. The van der Waals surface area contributed by atoms with E-state index < -0.39 is 11.7 Å². The number of hydrogen-bond donors (Lipinski definition) is 2. The van der Waals surface area contributed by atoms with Crippen molar-refractivity contribution in [1.82, 2.24) is 15.5 Å². The van der Waals surface area contributed by atoms with Crippen molar-refractivity contribution in [2.45, 2.75) is 39.2 Å². The van der Waals surface area contributed by atoms with Crippen LogP contribution in [-0.4, -0.2) is 61.7 Å². The van der Waals surface area contributed by atoms with E-state index in [-0.39, 0.29) is 18.4 Å². The molecular weight excluding hydrogens is 374 g/mol. The normalized spacial score (nSPS) is 14.8. The van der Waals surface area contributed by atoms with Crippen LogP contribution in [-0.2, 0) is 9.53 Å². The maximum Gasteiger partial charge on any atom is 0.408 e. The van der Waals surface area contributed by atoms with Gasteiger partial charge in [0.1, 0.15) is 11.4 Å². The summed E-state index contributed by atoms with van der Waals surface area (Å²) >= 11 is 0. The summed E-state index contributed by atoms with van der Waals surface area (Å²) in [5.41, 5.74) is 0.0448. The lowest BCUT2D eigenvalue weighted by Crippen LogP contribution is -2.44. The predicted octanol–water partition coefficient (Wildman–Crippen LogP) is 2.19. The molecule has 29 heavy (non-hydrogen) atoms. The fraction of sp³-hybridized carbons (Fsp3) is 0.571. The van der Waals surface area contributed by atoms with Crippen LogP contribution in [0.2, 0.25) is 0 Å². The minimum atomic E-state index is -0.613. The zero-order valence-corrected chi connectivity index (χ0v) is 17.6. The highest BCUT2D eigenvalue weighted by Crippen LogP contribution is 2.19. The van der Waals surface area contributed by atoms with Gasteiger partial charge in [0, 0.05) is 25.2 Å². The molecule has 1 fully saturated rings. The van der Waals surface area contributed by atoms with Crippen LogP contribution >= 0.6 is 0 Å². The van der Waals surface area contributed by atoms with Gasteiger partial charge in [0.05, 0.1) is 13.7 Å². The quantitative estimate of drug-likeness (QED) is 0.756. The molecule has 1 aromatic rings. The van der Waals surface area contributed by atoms with E-state index in [1.54, 1.807) is 52.1 Å². The minimum Gasteiger partial charge on any atom is -0.497 e. The van der Waals surface area contributed by atoms with Crippen molar-refractivity contribution >= 4 is 17.9 Å². The Balaban J connectivity index is 1.68. The van der Waals surface area contributed by atoms with Crippen molar-refractivity contribution in [3.63, 3.8) is 0 Å². The van der Waals surface area contributed by atoms with Gasteiger partial charge in [-0.2, -0.15) is 0 Å². The van der Waals surface area contributed by atoms with Crippen molar-refractivity contribution < 1.29 is 23.9 Å². The average molecular weight is 405 g/mol. The molecule has 0 unspecified atom stereocenters. The summed E-state index contributed by atoms with van der Waals surface area (Å²) < 4.78 is 10.2. The Kier molecular flexibility index (Phi) is 7.87. The number of likely N-dealkylation sites (tertiary alicyclic amines) is 1. The van der Waals surface area contributed by atoms with Gasteiger partial charge in [0.15, 0.2) is 0 Å².